The molecule has 3 fully saturated rings. The molecule has 2 saturated carbocycles. The number of piperidine rings is 1. The van der Waals surface area contributed by atoms with Crippen LogP contribution in [0.15, 0.2) is 18.2 Å². The lowest BCUT2D eigenvalue weighted by Gasteiger charge is -2.32. The third kappa shape index (κ3) is 3.22. The zero-order chi connectivity index (χ0) is 18.5. The van der Waals surface area contributed by atoms with Crippen LogP contribution in [0.5, 0.6) is 0 Å². The smallest absolute Gasteiger partial charge is 0.243 e. The molecule has 5 rings (SSSR count). The highest BCUT2D eigenvalue weighted by Gasteiger charge is 2.41. The minimum absolute atomic E-state index is 0.119. The van der Waals surface area contributed by atoms with Gasteiger partial charge in [-0.15, -0.1) is 0 Å². The molecule has 2 amide bonds. The fourth-order valence-electron chi connectivity index (χ4n) is 5.45. The SMILES string of the molecule is O=C1CCC(N2Cc3ccc(COC4C[C@H]5CC[C@@H]4C5)cc3C2S)C(=O)N1. The molecule has 1 saturated heterocycles. The number of thiol groups is 1. The Balaban J connectivity index is 1.26. The number of ether oxygens (including phenoxy) is 1. The maximum atomic E-state index is 12.2. The maximum absolute atomic E-state index is 12.2. The van der Waals surface area contributed by atoms with Gasteiger partial charge < -0.3 is 4.74 Å². The first-order valence-corrected chi connectivity index (χ1v) is 10.6. The van der Waals surface area contributed by atoms with E-state index in [2.05, 4.69) is 28.4 Å². The molecule has 1 N–H and O–H groups in total. The summed E-state index contributed by atoms with van der Waals surface area (Å²) < 4.78 is 6.25. The first kappa shape index (κ1) is 17.7. The van der Waals surface area contributed by atoms with Gasteiger partial charge in [-0.25, -0.2) is 0 Å². The van der Waals surface area contributed by atoms with E-state index in [9.17, 15) is 9.59 Å². The first-order chi connectivity index (χ1) is 13.1. The summed E-state index contributed by atoms with van der Waals surface area (Å²) in [5, 5.41) is 2.34. The standard InChI is InChI=1S/C21H26N2O3S/c24-19-6-5-17(20(25)22-19)23-10-15-4-2-13(8-16(15)21(23)27)11-26-18-9-12-1-3-14(18)7-12/h2,4,8,12,14,17-18,21,27H,1,3,5-7,9-11H2,(H,22,24,25)/t12-,14+,17?,18?,21?/m0/s1. The summed E-state index contributed by atoms with van der Waals surface area (Å²) in [6.45, 7) is 1.35. The second-order valence-electron chi connectivity index (χ2n) is 8.57. The van der Waals surface area contributed by atoms with Crippen molar-refractivity contribution in [3.8, 4) is 0 Å². The van der Waals surface area contributed by atoms with Gasteiger partial charge in [0.1, 0.15) is 0 Å². The van der Waals surface area contributed by atoms with Crippen molar-refractivity contribution in [2.75, 3.05) is 0 Å². The third-order valence-corrected chi connectivity index (χ3v) is 7.48. The van der Waals surface area contributed by atoms with Crippen LogP contribution in [-0.2, 0) is 27.5 Å². The Morgan fingerprint density at radius 1 is 1.19 bits per heavy atom. The van der Waals surface area contributed by atoms with Gasteiger partial charge in [-0.1, -0.05) is 18.2 Å². The Morgan fingerprint density at radius 3 is 2.81 bits per heavy atom. The molecular formula is C21H26N2O3S. The van der Waals surface area contributed by atoms with Crippen LogP contribution in [0.1, 0.15) is 60.6 Å². The molecule has 0 spiro atoms. The van der Waals surface area contributed by atoms with E-state index >= 15 is 0 Å². The summed E-state index contributed by atoms with van der Waals surface area (Å²) in [5.74, 6) is 1.29. The minimum Gasteiger partial charge on any atom is -0.373 e. The van der Waals surface area contributed by atoms with Crippen LogP contribution in [0.4, 0.5) is 0 Å². The van der Waals surface area contributed by atoms with Crippen LogP contribution < -0.4 is 5.32 Å². The number of imide groups is 1. The molecule has 1 aromatic rings. The molecule has 6 heteroatoms. The number of rotatable bonds is 4. The average Bonchev–Trinajstić information content (AvgIpc) is 3.35. The predicted octanol–water partition coefficient (Wildman–Crippen LogP) is 2.94. The van der Waals surface area contributed by atoms with Crippen LogP contribution in [0.25, 0.3) is 0 Å². The highest BCUT2D eigenvalue weighted by atomic mass is 32.1. The molecule has 5 nitrogen and oxygen atoms in total. The molecule has 0 radical (unpaired) electrons. The van der Waals surface area contributed by atoms with Gasteiger partial charge in [-0.2, -0.15) is 12.6 Å². The predicted molar refractivity (Wildman–Crippen MR) is 104 cm³/mol. The second-order valence-corrected chi connectivity index (χ2v) is 9.06. The number of carbonyl (C=O) groups excluding carboxylic acids is 2. The summed E-state index contributed by atoms with van der Waals surface area (Å²) in [5.41, 5.74) is 3.56. The lowest BCUT2D eigenvalue weighted by atomic mass is 9.97. The quantitative estimate of drug-likeness (QED) is 0.617. The largest absolute Gasteiger partial charge is 0.373 e. The highest BCUT2D eigenvalue weighted by molar-refractivity contribution is 7.80. The van der Waals surface area contributed by atoms with Gasteiger partial charge in [0.15, 0.2) is 0 Å². The number of amides is 2. The molecule has 3 unspecified atom stereocenters. The lowest BCUT2D eigenvalue weighted by Crippen LogP contribution is -2.51. The van der Waals surface area contributed by atoms with E-state index in [1.54, 1.807) is 0 Å². The number of fused-ring (bicyclic) bond motifs is 3. The summed E-state index contributed by atoms with van der Waals surface area (Å²) >= 11 is 4.80. The molecule has 2 aliphatic carbocycles. The molecule has 5 atom stereocenters. The van der Waals surface area contributed by atoms with Crippen LogP contribution in [0, 0.1) is 11.8 Å². The second kappa shape index (κ2) is 6.90. The molecule has 144 valence electrons. The van der Waals surface area contributed by atoms with E-state index in [1.807, 2.05) is 0 Å². The van der Waals surface area contributed by atoms with Crippen molar-refractivity contribution in [2.24, 2.45) is 11.8 Å². The summed E-state index contributed by atoms with van der Waals surface area (Å²) in [4.78, 5) is 25.8. The zero-order valence-electron chi connectivity index (χ0n) is 15.4. The van der Waals surface area contributed by atoms with E-state index in [-0.39, 0.29) is 23.2 Å². The minimum atomic E-state index is -0.286. The molecule has 1 aromatic carbocycles. The van der Waals surface area contributed by atoms with Gasteiger partial charge in [0, 0.05) is 13.0 Å². The van der Waals surface area contributed by atoms with Gasteiger partial charge in [-0.3, -0.25) is 19.8 Å². The maximum Gasteiger partial charge on any atom is 0.243 e. The van der Waals surface area contributed by atoms with Crippen molar-refractivity contribution in [1.82, 2.24) is 10.2 Å². The van der Waals surface area contributed by atoms with E-state index in [0.29, 0.717) is 32.1 Å². The fourth-order valence-corrected chi connectivity index (χ4v) is 5.94. The summed E-state index contributed by atoms with van der Waals surface area (Å²) in [6.07, 6.45) is 6.70. The molecule has 2 heterocycles. The first-order valence-electron chi connectivity index (χ1n) is 10.1. The Hall–Kier alpha value is -1.37. The Bertz CT molecular complexity index is 783. The van der Waals surface area contributed by atoms with E-state index in [4.69, 9.17) is 17.4 Å². The van der Waals surface area contributed by atoms with Crippen molar-refractivity contribution < 1.29 is 14.3 Å². The number of carbonyl (C=O) groups is 2. The highest BCUT2D eigenvalue weighted by Crippen LogP contribution is 2.46. The molecule has 4 aliphatic rings. The Morgan fingerprint density at radius 2 is 2.07 bits per heavy atom. The van der Waals surface area contributed by atoms with Crippen molar-refractivity contribution in [3.05, 3.63) is 34.9 Å². The topological polar surface area (TPSA) is 58.6 Å². The molecule has 2 aliphatic heterocycles. The van der Waals surface area contributed by atoms with E-state index < -0.39 is 0 Å². The monoisotopic (exact) mass is 386 g/mol. The van der Waals surface area contributed by atoms with Crippen LogP contribution in [-0.4, -0.2) is 28.9 Å². The van der Waals surface area contributed by atoms with Crippen molar-refractivity contribution in [1.29, 1.82) is 0 Å². The lowest BCUT2D eigenvalue weighted by molar-refractivity contribution is -0.137. The van der Waals surface area contributed by atoms with Gasteiger partial charge in [0.2, 0.25) is 11.8 Å². The van der Waals surface area contributed by atoms with Gasteiger partial charge in [0.25, 0.3) is 0 Å². The van der Waals surface area contributed by atoms with E-state index in [1.165, 1.54) is 36.8 Å². The van der Waals surface area contributed by atoms with E-state index in [0.717, 1.165) is 17.4 Å². The zero-order valence-corrected chi connectivity index (χ0v) is 16.3. The molecular weight excluding hydrogens is 360 g/mol. The molecule has 2 bridgehead atoms. The van der Waals surface area contributed by atoms with Crippen LogP contribution in [0.2, 0.25) is 0 Å². The number of nitrogens with one attached hydrogen (secondary N) is 1. The third-order valence-electron chi connectivity index (χ3n) is 6.90. The summed E-state index contributed by atoms with van der Waals surface area (Å²) in [6, 6.07) is 6.18. The Labute approximate surface area is 165 Å². The Kier molecular flexibility index (Phi) is 4.53. The average molecular weight is 387 g/mol. The van der Waals surface area contributed by atoms with Crippen molar-refractivity contribution in [3.63, 3.8) is 0 Å². The van der Waals surface area contributed by atoms with Crippen LogP contribution >= 0.6 is 12.6 Å². The van der Waals surface area contributed by atoms with Gasteiger partial charge in [0.05, 0.1) is 24.1 Å². The van der Waals surface area contributed by atoms with Crippen molar-refractivity contribution >= 4 is 24.4 Å². The fraction of sp³-hybridized carbons (Fsp3) is 0.619. The number of hydrogen-bond acceptors (Lipinski definition) is 5. The molecule has 27 heavy (non-hydrogen) atoms. The van der Waals surface area contributed by atoms with Crippen molar-refractivity contribution in [2.45, 2.75) is 69.2 Å². The number of benzene rings is 1. The van der Waals surface area contributed by atoms with Crippen LogP contribution in [0.3, 0.4) is 0 Å². The van der Waals surface area contributed by atoms with Gasteiger partial charge >= 0.3 is 0 Å². The normalized spacial score (nSPS) is 35.5. The van der Waals surface area contributed by atoms with Gasteiger partial charge in [-0.05, 0) is 60.6 Å². The summed E-state index contributed by atoms with van der Waals surface area (Å²) in [7, 11) is 0. The number of hydrogen-bond donors (Lipinski definition) is 2. The molecule has 0 aromatic heterocycles. The number of nitrogens with zero attached hydrogens (tertiary/aromatic N) is 1.